The summed E-state index contributed by atoms with van der Waals surface area (Å²) in [5.74, 6) is 0. The van der Waals surface area contributed by atoms with Crippen LogP contribution in [0.4, 0.5) is 11.4 Å². The van der Waals surface area contributed by atoms with Crippen LogP contribution in [-0.4, -0.2) is 14.5 Å². The van der Waals surface area contributed by atoms with Crippen molar-refractivity contribution in [2.45, 2.75) is 38.1 Å². The monoisotopic (exact) mass is 304 g/mol. The van der Waals surface area contributed by atoms with Gasteiger partial charge in [-0.3, -0.25) is 24.3 Å². The molecule has 8 heteroatoms. The number of nitrogens with one attached hydrogen (secondary N) is 1. The lowest BCUT2D eigenvalue weighted by Gasteiger charge is -2.25. The summed E-state index contributed by atoms with van der Waals surface area (Å²) in [6.07, 6.45) is 4.73. The Morgan fingerprint density at radius 3 is 2.55 bits per heavy atom. The molecule has 0 bridgehead atoms. The average Bonchev–Trinajstić information content (AvgIpc) is 2.49. The van der Waals surface area contributed by atoms with E-state index in [1.165, 1.54) is 16.7 Å². The molecular weight excluding hydrogens is 288 g/mol. The SMILES string of the molecule is Nc1cc2c(cc1[N+](=O)[O-])[nH]c(=O)c(=O)n2C1CCCCC1. The molecule has 8 nitrogen and oxygen atoms in total. The molecule has 2 aromatic rings. The number of hydrogen-bond donors (Lipinski definition) is 2. The minimum Gasteiger partial charge on any atom is -0.393 e. The number of nitro groups is 1. The molecule has 1 aliphatic rings. The predicted octanol–water partition coefficient (Wildman–Crippen LogP) is 1.69. The summed E-state index contributed by atoms with van der Waals surface area (Å²) in [6.45, 7) is 0. The zero-order valence-electron chi connectivity index (χ0n) is 11.9. The largest absolute Gasteiger partial charge is 0.393 e. The Morgan fingerprint density at radius 2 is 1.91 bits per heavy atom. The first-order chi connectivity index (χ1) is 10.5. The molecule has 0 saturated heterocycles. The maximum Gasteiger partial charge on any atom is 0.316 e. The van der Waals surface area contributed by atoms with Crippen LogP contribution >= 0.6 is 0 Å². The number of hydrogen-bond acceptors (Lipinski definition) is 5. The van der Waals surface area contributed by atoms with E-state index < -0.39 is 16.0 Å². The van der Waals surface area contributed by atoms with Crippen LogP contribution in [0.1, 0.15) is 38.1 Å². The topological polar surface area (TPSA) is 124 Å². The molecule has 1 saturated carbocycles. The summed E-state index contributed by atoms with van der Waals surface area (Å²) >= 11 is 0. The summed E-state index contributed by atoms with van der Waals surface area (Å²) in [6, 6.07) is 2.55. The molecule has 3 rings (SSSR count). The second kappa shape index (κ2) is 5.28. The Morgan fingerprint density at radius 1 is 1.23 bits per heavy atom. The first kappa shape index (κ1) is 14.3. The normalized spacial score (nSPS) is 16.0. The van der Waals surface area contributed by atoms with Crippen LogP contribution in [0.2, 0.25) is 0 Å². The van der Waals surface area contributed by atoms with Crippen molar-refractivity contribution in [3.63, 3.8) is 0 Å². The molecule has 0 amide bonds. The number of aromatic nitrogens is 2. The van der Waals surface area contributed by atoms with Crippen molar-refractivity contribution in [3.05, 3.63) is 43.0 Å². The van der Waals surface area contributed by atoms with E-state index in [1.807, 2.05) is 0 Å². The molecule has 1 aromatic heterocycles. The quantitative estimate of drug-likeness (QED) is 0.378. The standard InChI is InChI=1S/C14H16N4O4/c15-9-6-12-10(7-11(9)18(21)22)16-13(19)14(20)17(12)8-4-2-1-3-5-8/h6-8H,1-5,15H2,(H,16,19). The minimum atomic E-state index is -0.767. The van der Waals surface area contributed by atoms with Gasteiger partial charge in [-0.25, -0.2) is 0 Å². The van der Waals surface area contributed by atoms with Crippen LogP contribution in [0.15, 0.2) is 21.7 Å². The smallest absolute Gasteiger partial charge is 0.316 e. The Balaban J connectivity index is 2.32. The molecule has 116 valence electrons. The van der Waals surface area contributed by atoms with Gasteiger partial charge >= 0.3 is 11.1 Å². The third-order valence-corrected chi connectivity index (χ3v) is 4.20. The Labute approximate surface area is 124 Å². The van der Waals surface area contributed by atoms with E-state index in [9.17, 15) is 19.7 Å². The molecule has 0 aliphatic heterocycles. The van der Waals surface area contributed by atoms with Crippen molar-refractivity contribution in [3.8, 4) is 0 Å². The van der Waals surface area contributed by atoms with Gasteiger partial charge in [0, 0.05) is 12.1 Å². The van der Waals surface area contributed by atoms with Gasteiger partial charge in [-0.1, -0.05) is 19.3 Å². The van der Waals surface area contributed by atoms with Crippen molar-refractivity contribution < 1.29 is 4.92 Å². The molecule has 1 aromatic carbocycles. The number of nitrogen functional groups attached to an aromatic ring is 1. The Hall–Kier alpha value is -2.64. The predicted molar refractivity (Wildman–Crippen MR) is 82.0 cm³/mol. The average molecular weight is 304 g/mol. The van der Waals surface area contributed by atoms with Gasteiger partial charge in [0.2, 0.25) is 0 Å². The molecule has 0 unspecified atom stereocenters. The third-order valence-electron chi connectivity index (χ3n) is 4.20. The lowest BCUT2D eigenvalue weighted by atomic mass is 9.95. The molecule has 0 atom stereocenters. The van der Waals surface area contributed by atoms with E-state index in [1.54, 1.807) is 0 Å². The highest BCUT2D eigenvalue weighted by molar-refractivity contribution is 5.84. The Kier molecular flexibility index (Phi) is 3.44. The van der Waals surface area contributed by atoms with Crippen LogP contribution in [0.3, 0.4) is 0 Å². The van der Waals surface area contributed by atoms with E-state index in [4.69, 9.17) is 5.73 Å². The number of nitrogens with two attached hydrogens (primary N) is 1. The third kappa shape index (κ3) is 2.26. The minimum absolute atomic E-state index is 0.0199. The van der Waals surface area contributed by atoms with E-state index in [0.29, 0.717) is 5.52 Å². The van der Waals surface area contributed by atoms with Gasteiger partial charge in [0.05, 0.1) is 16.0 Å². The molecular formula is C14H16N4O4. The first-order valence-corrected chi connectivity index (χ1v) is 7.21. The highest BCUT2D eigenvalue weighted by atomic mass is 16.6. The van der Waals surface area contributed by atoms with E-state index >= 15 is 0 Å². The number of nitro benzene ring substituents is 1. The van der Waals surface area contributed by atoms with Crippen molar-refractivity contribution in [2.75, 3.05) is 5.73 Å². The number of rotatable bonds is 2. The molecule has 22 heavy (non-hydrogen) atoms. The lowest BCUT2D eigenvalue weighted by Crippen LogP contribution is -2.39. The summed E-state index contributed by atoms with van der Waals surface area (Å²) in [5, 5.41) is 11.0. The van der Waals surface area contributed by atoms with Crippen LogP contribution < -0.4 is 16.9 Å². The van der Waals surface area contributed by atoms with Gasteiger partial charge in [-0.05, 0) is 18.9 Å². The summed E-state index contributed by atoms with van der Waals surface area (Å²) < 4.78 is 1.45. The molecule has 1 fully saturated rings. The Bertz CT molecular complexity index is 861. The second-order valence-electron chi connectivity index (χ2n) is 5.61. The summed E-state index contributed by atoms with van der Waals surface area (Å²) in [5.41, 5.74) is 4.73. The maximum atomic E-state index is 12.3. The zero-order valence-corrected chi connectivity index (χ0v) is 11.9. The van der Waals surface area contributed by atoms with E-state index in [2.05, 4.69) is 4.98 Å². The lowest BCUT2D eigenvalue weighted by molar-refractivity contribution is -0.383. The van der Waals surface area contributed by atoms with Crippen molar-refractivity contribution in [1.29, 1.82) is 0 Å². The van der Waals surface area contributed by atoms with Gasteiger partial charge < -0.3 is 10.7 Å². The number of anilines is 1. The number of nitrogens with zero attached hydrogens (tertiary/aromatic N) is 2. The van der Waals surface area contributed by atoms with Gasteiger partial charge in [0.25, 0.3) is 5.69 Å². The molecule has 1 aliphatic carbocycles. The highest BCUT2D eigenvalue weighted by Crippen LogP contribution is 2.31. The summed E-state index contributed by atoms with van der Waals surface area (Å²) in [7, 11) is 0. The number of aromatic amines is 1. The number of benzene rings is 1. The second-order valence-corrected chi connectivity index (χ2v) is 5.61. The fourth-order valence-corrected chi connectivity index (χ4v) is 3.15. The van der Waals surface area contributed by atoms with Gasteiger partial charge in [0.1, 0.15) is 5.69 Å². The van der Waals surface area contributed by atoms with Gasteiger partial charge in [0.15, 0.2) is 0 Å². The van der Waals surface area contributed by atoms with E-state index in [-0.39, 0.29) is 22.9 Å². The van der Waals surface area contributed by atoms with Crippen LogP contribution in [0.5, 0.6) is 0 Å². The summed E-state index contributed by atoms with van der Waals surface area (Å²) in [4.78, 5) is 36.9. The molecule has 1 heterocycles. The maximum absolute atomic E-state index is 12.3. The first-order valence-electron chi connectivity index (χ1n) is 7.21. The van der Waals surface area contributed by atoms with Crippen molar-refractivity contribution >= 4 is 22.4 Å². The number of H-pyrrole nitrogens is 1. The molecule has 0 radical (unpaired) electrons. The van der Waals surface area contributed by atoms with Gasteiger partial charge in [-0.15, -0.1) is 0 Å². The van der Waals surface area contributed by atoms with Crippen LogP contribution in [0.25, 0.3) is 11.0 Å². The van der Waals surface area contributed by atoms with Crippen LogP contribution in [-0.2, 0) is 0 Å². The van der Waals surface area contributed by atoms with Crippen LogP contribution in [0, 0.1) is 10.1 Å². The molecule has 3 N–H and O–H groups in total. The van der Waals surface area contributed by atoms with E-state index in [0.717, 1.165) is 32.1 Å². The van der Waals surface area contributed by atoms with Crippen molar-refractivity contribution in [2.24, 2.45) is 0 Å². The fourth-order valence-electron chi connectivity index (χ4n) is 3.15. The zero-order chi connectivity index (χ0) is 15.9. The van der Waals surface area contributed by atoms with Crippen molar-refractivity contribution in [1.82, 2.24) is 9.55 Å². The fraction of sp³-hybridized carbons (Fsp3) is 0.429. The van der Waals surface area contributed by atoms with Gasteiger partial charge in [-0.2, -0.15) is 0 Å². The molecule has 0 spiro atoms. The number of fused-ring (bicyclic) bond motifs is 1. The highest BCUT2D eigenvalue weighted by Gasteiger charge is 2.22.